The van der Waals surface area contributed by atoms with Crippen LogP contribution < -0.4 is 5.73 Å². The number of hydrogen-bond acceptors (Lipinski definition) is 3. The summed E-state index contributed by atoms with van der Waals surface area (Å²) in [5.74, 6) is 0.709. The minimum Gasteiger partial charge on any atom is -0.448 e. The third kappa shape index (κ3) is 2.93. The summed E-state index contributed by atoms with van der Waals surface area (Å²) in [4.78, 5) is 4.54. The van der Waals surface area contributed by atoms with Crippen LogP contribution in [0.4, 0.5) is 0 Å². The van der Waals surface area contributed by atoms with Crippen LogP contribution in [0.2, 0.25) is 0 Å². The number of hydrogen-bond donors (Lipinski definition) is 1. The van der Waals surface area contributed by atoms with Crippen molar-refractivity contribution in [3.05, 3.63) is 41.0 Å². The van der Waals surface area contributed by atoms with Crippen molar-refractivity contribution in [2.45, 2.75) is 46.5 Å². The molecule has 1 heterocycles. The van der Waals surface area contributed by atoms with E-state index in [-0.39, 0.29) is 5.41 Å². The normalized spacial score (nSPS) is 11.9. The Morgan fingerprint density at radius 3 is 2.25 bits per heavy atom. The Morgan fingerprint density at radius 2 is 1.75 bits per heavy atom. The molecule has 2 N–H and O–H groups in total. The van der Waals surface area contributed by atoms with Crippen molar-refractivity contribution in [2.75, 3.05) is 6.54 Å². The molecule has 0 radical (unpaired) electrons. The van der Waals surface area contributed by atoms with Gasteiger partial charge in [-0.1, -0.05) is 32.9 Å². The largest absolute Gasteiger partial charge is 0.448 e. The van der Waals surface area contributed by atoms with Crippen LogP contribution in [0.25, 0.3) is 11.3 Å². The van der Waals surface area contributed by atoms with Crippen molar-refractivity contribution in [3.63, 3.8) is 0 Å². The summed E-state index contributed by atoms with van der Waals surface area (Å²) in [6, 6.07) is 4.50. The first-order valence-corrected chi connectivity index (χ1v) is 7.09. The van der Waals surface area contributed by atoms with Gasteiger partial charge in [-0.25, -0.2) is 4.98 Å². The van der Waals surface area contributed by atoms with Crippen LogP contribution in [-0.2, 0) is 11.8 Å². The topological polar surface area (TPSA) is 52.0 Å². The lowest BCUT2D eigenvalue weighted by Crippen LogP contribution is -2.12. The second-order valence-corrected chi connectivity index (χ2v) is 6.40. The van der Waals surface area contributed by atoms with Crippen molar-refractivity contribution in [1.82, 2.24) is 4.98 Å². The van der Waals surface area contributed by atoms with Gasteiger partial charge in [-0.3, -0.25) is 0 Å². The van der Waals surface area contributed by atoms with Gasteiger partial charge in [0.1, 0.15) is 12.0 Å². The number of nitrogens with zero attached hydrogens (tertiary/aromatic N) is 1. The van der Waals surface area contributed by atoms with Crippen LogP contribution in [0.15, 0.2) is 22.8 Å². The van der Waals surface area contributed by atoms with Crippen molar-refractivity contribution >= 4 is 0 Å². The van der Waals surface area contributed by atoms with Gasteiger partial charge in [-0.05, 0) is 36.0 Å². The third-order valence-corrected chi connectivity index (χ3v) is 3.56. The molecule has 0 aliphatic carbocycles. The maximum Gasteiger partial charge on any atom is 0.195 e. The maximum atomic E-state index is 5.54. The van der Waals surface area contributed by atoms with E-state index in [0.29, 0.717) is 18.9 Å². The van der Waals surface area contributed by atoms with Gasteiger partial charge in [0.05, 0.1) is 0 Å². The average Bonchev–Trinajstić information content (AvgIpc) is 2.76. The molecule has 0 spiro atoms. The Hall–Kier alpha value is -1.61. The fourth-order valence-corrected chi connectivity index (χ4v) is 2.46. The predicted octanol–water partition coefficient (Wildman–Crippen LogP) is 3.76. The molecule has 0 unspecified atom stereocenters. The minimum atomic E-state index is 0.155. The van der Waals surface area contributed by atoms with Crippen LogP contribution in [-0.4, -0.2) is 11.5 Å². The molecule has 20 heavy (non-hydrogen) atoms. The summed E-state index contributed by atoms with van der Waals surface area (Å²) in [6.07, 6.45) is 2.41. The van der Waals surface area contributed by atoms with Gasteiger partial charge in [0.2, 0.25) is 0 Å². The number of aromatic nitrogens is 1. The SMILES string of the molecule is Cc1cc(C(C)(C)C)cc(C)c1-c1coc(CCN)n1. The zero-order valence-corrected chi connectivity index (χ0v) is 13.1. The highest BCUT2D eigenvalue weighted by atomic mass is 16.3. The Kier molecular flexibility index (Phi) is 4.00. The van der Waals surface area contributed by atoms with E-state index in [4.69, 9.17) is 10.2 Å². The highest BCUT2D eigenvalue weighted by molar-refractivity contribution is 5.67. The van der Waals surface area contributed by atoms with E-state index < -0.39 is 0 Å². The molecule has 0 aliphatic rings. The molecule has 3 nitrogen and oxygen atoms in total. The molecule has 1 aromatic carbocycles. The average molecular weight is 272 g/mol. The summed E-state index contributed by atoms with van der Waals surface area (Å²) in [7, 11) is 0. The molecule has 0 amide bonds. The summed E-state index contributed by atoms with van der Waals surface area (Å²) < 4.78 is 5.48. The van der Waals surface area contributed by atoms with E-state index in [0.717, 1.165) is 5.69 Å². The molecular formula is C17H24N2O. The minimum absolute atomic E-state index is 0.155. The van der Waals surface area contributed by atoms with Gasteiger partial charge in [-0.15, -0.1) is 0 Å². The lowest BCUT2D eigenvalue weighted by atomic mass is 9.83. The third-order valence-electron chi connectivity index (χ3n) is 3.56. The Morgan fingerprint density at radius 1 is 1.15 bits per heavy atom. The quantitative estimate of drug-likeness (QED) is 0.925. The fraction of sp³-hybridized carbons (Fsp3) is 0.471. The van der Waals surface area contributed by atoms with Crippen LogP contribution >= 0.6 is 0 Å². The van der Waals surface area contributed by atoms with E-state index in [2.05, 4.69) is 51.7 Å². The molecule has 3 heteroatoms. The van der Waals surface area contributed by atoms with Crippen molar-refractivity contribution < 1.29 is 4.42 Å². The Balaban J connectivity index is 2.46. The molecule has 0 aliphatic heterocycles. The molecule has 2 rings (SSSR count). The number of oxazole rings is 1. The van der Waals surface area contributed by atoms with E-state index in [1.165, 1.54) is 22.3 Å². The van der Waals surface area contributed by atoms with E-state index in [9.17, 15) is 0 Å². The Labute approximate surface area is 121 Å². The van der Waals surface area contributed by atoms with Gasteiger partial charge in [0.15, 0.2) is 5.89 Å². The Bertz CT molecular complexity index is 583. The standard InChI is InChI=1S/C17H24N2O/c1-11-8-13(17(3,4)5)9-12(2)16(11)14-10-20-15(19-14)6-7-18/h8-10H,6-7,18H2,1-5H3. The van der Waals surface area contributed by atoms with Crippen molar-refractivity contribution in [3.8, 4) is 11.3 Å². The molecule has 108 valence electrons. The summed E-state index contributed by atoms with van der Waals surface area (Å²) >= 11 is 0. The first-order chi connectivity index (χ1) is 9.32. The summed E-state index contributed by atoms with van der Waals surface area (Å²) in [5.41, 5.74) is 11.6. The number of aryl methyl sites for hydroxylation is 2. The zero-order valence-electron chi connectivity index (χ0n) is 13.1. The molecule has 0 bridgehead atoms. The van der Waals surface area contributed by atoms with Gasteiger partial charge < -0.3 is 10.2 Å². The lowest BCUT2D eigenvalue weighted by Gasteiger charge is -2.21. The number of rotatable bonds is 3. The fourth-order valence-electron chi connectivity index (χ4n) is 2.46. The maximum absolute atomic E-state index is 5.54. The summed E-state index contributed by atoms with van der Waals surface area (Å²) in [5, 5.41) is 0. The summed E-state index contributed by atoms with van der Waals surface area (Å²) in [6.45, 7) is 11.5. The molecule has 0 saturated heterocycles. The molecule has 1 aromatic heterocycles. The van der Waals surface area contributed by atoms with Gasteiger partial charge >= 0.3 is 0 Å². The van der Waals surface area contributed by atoms with E-state index in [1.54, 1.807) is 6.26 Å². The van der Waals surface area contributed by atoms with Crippen molar-refractivity contribution in [1.29, 1.82) is 0 Å². The molecule has 0 fully saturated rings. The van der Waals surface area contributed by atoms with Crippen LogP contribution in [0.5, 0.6) is 0 Å². The smallest absolute Gasteiger partial charge is 0.195 e. The monoisotopic (exact) mass is 272 g/mol. The van der Waals surface area contributed by atoms with E-state index >= 15 is 0 Å². The number of benzene rings is 1. The zero-order chi connectivity index (χ0) is 14.9. The van der Waals surface area contributed by atoms with Crippen LogP contribution in [0, 0.1) is 13.8 Å². The molecular weight excluding hydrogens is 248 g/mol. The van der Waals surface area contributed by atoms with Crippen LogP contribution in [0.1, 0.15) is 43.4 Å². The molecule has 0 saturated carbocycles. The highest BCUT2D eigenvalue weighted by Crippen LogP contribution is 2.32. The van der Waals surface area contributed by atoms with Gasteiger partial charge in [-0.2, -0.15) is 0 Å². The van der Waals surface area contributed by atoms with Gasteiger partial charge in [0.25, 0.3) is 0 Å². The van der Waals surface area contributed by atoms with Crippen LogP contribution in [0.3, 0.4) is 0 Å². The first-order valence-electron chi connectivity index (χ1n) is 7.09. The van der Waals surface area contributed by atoms with Crippen molar-refractivity contribution in [2.24, 2.45) is 5.73 Å². The molecule has 0 atom stereocenters. The van der Waals surface area contributed by atoms with E-state index in [1.807, 2.05) is 0 Å². The second kappa shape index (κ2) is 5.41. The van der Waals surface area contributed by atoms with Gasteiger partial charge in [0, 0.05) is 18.5 Å². The lowest BCUT2D eigenvalue weighted by molar-refractivity contribution is 0.496. The second-order valence-electron chi connectivity index (χ2n) is 6.40. The molecule has 2 aromatic rings. The first kappa shape index (κ1) is 14.8. The predicted molar refractivity (Wildman–Crippen MR) is 82.9 cm³/mol. The number of nitrogens with two attached hydrogens (primary N) is 1. The highest BCUT2D eigenvalue weighted by Gasteiger charge is 2.18.